The molecule has 0 saturated carbocycles. The largest absolute Gasteiger partial charge is 0.495 e. The third kappa shape index (κ3) is 5.09. The van der Waals surface area contributed by atoms with Crippen molar-refractivity contribution in [2.24, 2.45) is 0 Å². The highest BCUT2D eigenvalue weighted by Gasteiger charge is 2.19. The summed E-state index contributed by atoms with van der Waals surface area (Å²) in [7, 11) is 1.71. The molecule has 0 bridgehead atoms. The van der Waals surface area contributed by atoms with E-state index >= 15 is 0 Å². The topological polar surface area (TPSA) is 44.8 Å². The summed E-state index contributed by atoms with van der Waals surface area (Å²) in [5, 5.41) is 6.98. The van der Waals surface area contributed by atoms with Crippen LogP contribution in [0.2, 0.25) is 0 Å². The fourth-order valence-corrected chi connectivity index (χ4v) is 3.67. The van der Waals surface area contributed by atoms with E-state index in [9.17, 15) is 4.79 Å². The molecule has 0 aliphatic carbocycles. The second-order valence-corrected chi connectivity index (χ2v) is 6.96. The van der Waals surface area contributed by atoms with Gasteiger partial charge in [-0.3, -0.25) is 9.69 Å². The number of carbonyl (C=O) groups is 1. The number of anilines is 1. The van der Waals surface area contributed by atoms with Crippen LogP contribution < -0.4 is 15.0 Å². The second-order valence-electron chi connectivity index (χ2n) is 6.18. The van der Waals surface area contributed by atoms with Crippen molar-refractivity contribution in [1.82, 2.24) is 10.2 Å². The molecule has 1 N–H and O–H groups in total. The zero-order valence-corrected chi connectivity index (χ0v) is 15.9. The monoisotopic (exact) mass is 371 g/mol. The number of thiophene rings is 1. The lowest BCUT2D eigenvalue weighted by atomic mass is 10.2. The van der Waals surface area contributed by atoms with E-state index in [1.165, 1.54) is 0 Å². The molecule has 2 aromatic rings. The number of nitrogens with zero attached hydrogens (tertiary/aromatic N) is 2. The predicted octanol–water partition coefficient (Wildman–Crippen LogP) is 2.71. The number of rotatable bonds is 7. The van der Waals surface area contributed by atoms with Gasteiger partial charge < -0.3 is 15.0 Å². The van der Waals surface area contributed by atoms with Crippen molar-refractivity contribution in [2.45, 2.75) is 0 Å². The van der Waals surface area contributed by atoms with Crippen molar-refractivity contribution >= 4 is 29.0 Å². The number of carbonyl (C=O) groups excluding carboxylic acids is 1. The van der Waals surface area contributed by atoms with Gasteiger partial charge in [0.05, 0.1) is 12.8 Å². The molecule has 3 rings (SSSR count). The van der Waals surface area contributed by atoms with Gasteiger partial charge in [0.2, 0.25) is 5.91 Å². The highest BCUT2D eigenvalue weighted by molar-refractivity contribution is 7.08. The molecule has 1 aromatic carbocycles. The van der Waals surface area contributed by atoms with E-state index in [0.717, 1.165) is 49.7 Å². The molecule has 2 heterocycles. The van der Waals surface area contributed by atoms with E-state index in [1.54, 1.807) is 24.5 Å². The molecule has 0 unspecified atom stereocenters. The van der Waals surface area contributed by atoms with Crippen molar-refractivity contribution in [1.29, 1.82) is 0 Å². The van der Waals surface area contributed by atoms with Crippen LogP contribution >= 0.6 is 11.3 Å². The number of hydrogen-bond acceptors (Lipinski definition) is 5. The van der Waals surface area contributed by atoms with Gasteiger partial charge in [0.25, 0.3) is 0 Å². The molecular formula is C20H25N3O2S. The van der Waals surface area contributed by atoms with Crippen molar-refractivity contribution in [3.8, 4) is 5.75 Å². The Labute approximate surface area is 158 Å². The number of ether oxygens (including phenoxy) is 1. The Morgan fingerprint density at radius 2 is 2.04 bits per heavy atom. The van der Waals surface area contributed by atoms with E-state index in [-0.39, 0.29) is 5.91 Å². The minimum Gasteiger partial charge on any atom is -0.495 e. The van der Waals surface area contributed by atoms with Gasteiger partial charge in [-0.25, -0.2) is 0 Å². The van der Waals surface area contributed by atoms with Gasteiger partial charge in [-0.1, -0.05) is 12.1 Å². The second kappa shape index (κ2) is 9.40. The molecule has 26 heavy (non-hydrogen) atoms. The lowest BCUT2D eigenvalue weighted by Gasteiger charge is -2.36. The van der Waals surface area contributed by atoms with Crippen molar-refractivity contribution in [2.75, 3.05) is 51.3 Å². The summed E-state index contributed by atoms with van der Waals surface area (Å²) < 4.78 is 5.46. The molecule has 138 valence electrons. The molecule has 1 aliphatic rings. The Balaban J connectivity index is 1.38. The average Bonchev–Trinajstić information content (AvgIpc) is 3.20. The third-order valence-electron chi connectivity index (χ3n) is 4.50. The Morgan fingerprint density at radius 3 is 2.77 bits per heavy atom. The Hall–Kier alpha value is -2.31. The van der Waals surface area contributed by atoms with Gasteiger partial charge in [0.15, 0.2) is 0 Å². The minimum absolute atomic E-state index is 0.0381. The number of nitrogens with one attached hydrogen (secondary N) is 1. The average molecular weight is 372 g/mol. The van der Waals surface area contributed by atoms with Crippen molar-refractivity contribution in [3.05, 3.63) is 52.7 Å². The van der Waals surface area contributed by atoms with Crippen LogP contribution in [0.25, 0.3) is 6.08 Å². The van der Waals surface area contributed by atoms with Gasteiger partial charge in [0, 0.05) is 45.3 Å². The maximum atomic E-state index is 11.9. The van der Waals surface area contributed by atoms with Crippen LogP contribution in [0.4, 0.5) is 5.69 Å². The van der Waals surface area contributed by atoms with Crippen LogP contribution in [-0.2, 0) is 4.79 Å². The first kappa shape index (κ1) is 18.5. The maximum absolute atomic E-state index is 11.9. The molecule has 1 saturated heterocycles. The fourth-order valence-electron chi connectivity index (χ4n) is 3.04. The number of para-hydroxylation sites is 2. The summed E-state index contributed by atoms with van der Waals surface area (Å²) in [6, 6.07) is 10.1. The first-order chi connectivity index (χ1) is 12.8. The van der Waals surface area contributed by atoms with Crippen LogP contribution in [0.1, 0.15) is 5.56 Å². The minimum atomic E-state index is -0.0381. The zero-order valence-electron chi connectivity index (χ0n) is 15.1. The molecule has 1 aromatic heterocycles. The van der Waals surface area contributed by atoms with E-state index in [2.05, 4.69) is 21.2 Å². The van der Waals surface area contributed by atoms with Crippen LogP contribution in [-0.4, -0.2) is 57.2 Å². The number of methoxy groups -OCH3 is 1. The number of piperazine rings is 1. The van der Waals surface area contributed by atoms with Crippen LogP contribution in [0.3, 0.4) is 0 Å². The lowest BCUT2D eigenvalue weighted by Crippen LogP contribution is -2.48. The molecular weight excluding hydrogens is 346 g/mol. The molecule has 0 spiro atoms. The first-order valence-corrected chi connectivity index (χ1v) is 9.79. The molecule has 1 fully saturated rings. The predicted molar refractivity (Wildman–Crippen MR) is 108 cm³/mol. The Kier molecular flexibility index (Phi) is 6.68. The SMILES string of the molecule is COc1ccccc1N1CCN(CCNC(=O)/C=C/c2ccsc2)CC1. The summed E-state index contributed by atoms with van der Waals surface area (Å²) in [6.07, 6.45) is 3.44. The quantitative estimate of drug-likeness (QED) is 0.760. The van der Waals surface area contributed by atoms with Gasteiger partial charge in [-0.05, 0) is 40.6 Å². The normalized spacial score (nSPS) is 15.3. The highest BCUT2D eigenvalue weighted by Crippen LogP contribution is 2.28. The van der Waals surface area contributed by atoms with Crippen LogP contribution in [0, 0.1) is 0 Å². The smallest absolute Gasteiger partial charge is 0.244 e. The van der Waals surface area contributed by atoms with Gasteiger partial charge >= 0.3 is 0 Å². The lowest BCUT2D eigenvalue weighted by molar-refractivity contribution is -0.116. The summed E-state index contributed by atoms with van der Waals surface area (Å²) >= 11 is 1.63. The standard InChI is InChI=1S/C20H25N3O2S/c1-25-19-5-3-2-4-18(19)23-13-11-22(12-14-23)10-9-21-20(24)7-6-17-8-15-26-16-17/h2-8,15-16H,9-14H2,1H3,(H,21,24)/b7-6+. The van der Waals surface area contributed by atoms with Gasteiger partial charge in [-0.15, -0.1) is 0 Å². The third-order valence-corrected chi connectivity index (χ3v) is 5.20. The summed E-state index contributed by atoms with van der Waals surface area (Å²) in [6.45, 7) is 5.44. The summed E-state index contributed by atoms with van der Waals surface area (Å²) in [5.41, 5.74) is 2.22. The zero-order chi connectivity index (χ0) is 18.2. The molecule has 1 aliphatic heterocycles. The molecule has 1 amide bonds. The van der Waals surface area contributed by atoms with Gasteiger partial charge in [-0.2, -0.15) is 11.3 Å². The van der Waals surface area contributed by atoms with E-state index < -0.39 is 0 Å². The number of hydrogen-bond donors (Lipinski definition) is 1. The Bertz CT molecular complexity index is 722. The number of benzene rings is 1. The van der Waals surface area contributed by atoms with Crippen molar-refractivity contribution in [3.63, 3.8) is 0 Å². The summed E-state index contributed by atoms with van der Waals surface area (Å²) in [4.78, 5) is 16.6. The van der Waals surface area contributed by atoms with E-state index in [1.807, 2.05) is 41.1 Å². The fraction of sp³-hybridized carbons (Fsp3) is 0.350. The van der Waals surface area contributed by atoms with Crippen molar-refractivity contribution < 1.29 is 9.53 Å². The first-order valence-electron chi connectivity index (χ1n) is 8.84. The summed E-state index contributed by atoms with van der Waals surface area (Å²) in [5.74, 6) is 0.884. The molecule has 6 heteroatoms. The number of amides is 1. The van der Waals surface area contributed by atoms with Crippen LogP contribution in [0.15, 0.2) is 47.2 Å². The molecule has 0 atom stereocenters. The maximum Gasteiger partial charge on any atom is 0.244 e. The van der Waals surface area contributed by atoms with E-state index in [4.69, 9.17) is 4.74 Å². The highest BCUT2D eigenvalue weighted by atomic mass is 32.1. The van der Waals surface area contributed by atoms with Gasteiger partial charge in [0.1, 0.15) is 5.75 Å². The van der Waals surface area contributed by atoms with E-state index in [0.29, 0.717) is 6.54 Å². The Morgan fingerprint density at radius 1 is 1.23 bits per heavy atom. The van der Waals surface area contributed by atoms with Crippen LogP contribution in [0.5, 0.6) is 5.75 Å². The molecule has 5 nitrogen and oxygen atoms in total. The molecule has 0 radical (unpaired) electrons.